The molecule has 0 aromatic heterocycles. The Bertz CT molecular complexity index is 1330. The highest BCUT2D eigenvalue weighted by Gasteiger charge is 2.32. The minimum Gasteiger partial charge on any atom is -0.391 e. The molecule has 1 fully saturated rings. The van der Waals surface area contributed by atoms with Crippen molar-refractivity contribution >= 4 is 23.2 Å². The minimum atomic E-state index is -0.916. The Kier molecular flexibility index (Phi) is 8.79. The Labute approximate surface area is 235 Å². The molecular weight excluding hydrogens is 504 g/mol. The number of benzene rings is 3. The van der Waals surface area contributed by atoms with E-state index in [0.29, 0.717) is 43.6 Å². The zero-order chi connectivity index (χ0) is 28.1. The van der Waals surface area contributed by atoms with Crippen LogP contribution in [0, 0.1) is 0 Å². The summed E-state index contributed by atoms with van der Waals surface area (Å²) in [5, 5.41) is 31.6. The fourth-order valence-corrected chi connectivity index (χ4v) is 5.74. The first-order chi connectivity index (χ1) is 19.4. The number of rotatable bonds is 11. The maximum absolute atomic E-state index is 13.6. The molecule has 210 valence electrons. The van der Waals surface area contributed by atoms with Crippen LogP contribution < -0.4 is 20.9 Å². The van der Waals surface area contributed by atoms with E-state index in [1.54, 1.807) is 17.0 Å². The largest absolute Gasteiger partial charge is 0.391 e. The fourth-order valence-electron chi connectivity index (χ4n) is 5.74. The lowest BCUT2D eigenvalue weighted by atomic mass is 9.99. The maximum atomic E-state index is 13.6. The highest BCUT2D eigenvalue weighted by atomic mass is 16.3. The van der Waals surface area contributed by atoms with Gasteiger partial charge in [0.05, 0.1) is 24.3 Å². The van der Waals surface area contributed by atoms with E-state index >= 15 is 0 Å². The molecule has 0 bridgehead atoms. The lowest BCUT2D eigenvalue weighted by molar-refractivity contribution is -0.117. The number of carbonyl (C=O) groups is 2. The summed E-state index contributed by atoms with van der Waals surface area (Å²) in [5.74, 6) is -0.266. The highest BCUT2D eigenvalue weighted by Crippen LogP contribution is 2.31. The Morgan fingerprint density at radius 3 is 2.60 bits per heavy atom. The molecule has 8 heteroatoms. The van der Waals surface area contributed by atoms with Crippen LogP contribution in [-0.2, 0) is 17.6 Å². The Morgan fingerprint density at radius 1 is 1.07 bits per heavy atom. The van der Waals surface area contributed by atoms with Gasteiger partial charge in [-0.25, -0.2) is 0 Å². The number of hydrogen-bond donors (Lipinski definition) is 5. The normalized spacial score (nSPS) is 19.8. The Hall–Kier alpha value is -3.72. The maximum Gasteiger partial charge on any atom is 0.251 e. The van der Waals surface area contributed by atoms with Gasteiger partial charge in [-0.05, 0) is 54.7 Å². The first-order valence-electron chi connectivity index (χ1n) is 14.1. The molecule has 1 saturated heterocycles. The predicted molar refractivity (Wildman–Crippen MR) is 156 cm³/mol. The molecule has 0 spiro atoms. The van der Waals surface area contributed by atoms with Crippen molar-refractivity contribution < 1.29 is 19.8 Å². The van der Waals surface area contributed by atoms with Crippen LogP contribution in [0.15, 0.2) is 72.8 Å². The lowest BCUT2D eigenvalue weighted by Crippen LogP contribution is -2.49. The van der Waals surface area contributed by atoms with E-state index in [4.69, 9.17) is 0 Å². The molecule has 1 heterocycles. The summed E-state index contributed by atoms with van der Waals surface area (Å²) in [6.45, 7) is 3.48. The lowest BCUT2D eigenvalue weighted by Gasteiger charge is -2.27. The fraction of sp³-hybridized carbons (Fsp3) is 0.375. The predicted octanol–water partition coefficient (Wildman–Crippen LogP) is 3.20. The molecule has 0 unspecified atom stereocenters. The first-order valence-corrected chi connectivity index (χ1v) is 14.1. The van der Waals surface area contributed by atoms with Gasteiger partial charge in [-0.3, -0.25) is 9.59 Å². The molecule has 5 rings (SSSR count). The Morgan fingerprint density at radius 2 is 1.85 bits per heavy atom. The molecule has 2 amide bonds. The number of carbonyl (C=O) groups excluding carboxylic acids is 2. The highest BCUT2D eigenvalue weighted by molar-refractivity contribution is 6.00. The minimum absolute atomic E-state index is 0.0548. The van der Waals surface area contributed by atoms with Gasteiger partial charge in [-0.1, -0.05) is 54.6 Å². The Balaban J connectivity index is 1.35. The van der Waals surface area contributed by atoms with E-state index < -0.39 is 18.2 Å². The molecule has 1 aliphatic heterocycles. The van der Waals surface area contributed by atoms with Crippen molar-refractivity contribution in [1.82, 2.24) is 10.6 Å². The number of amides is 2. The van der Waals surface area contributed by atoms with Gasteiger partial charge >= 0.3 is 0 Å². The second-order valence-corrected chi connectivity index (χ2v) is 10.6. The smallest absolute Gasteiger partial charge is 0.251 e. The van der Waals surface area contributed by atoms with Crippen molar-refractivity contribution in [3.8, 4) is 0 Å². The van der Waals surface area contributed by atoms with Gasteiger partial charge in [0.25, 0.3) is 5.91 Å². The average molecular weight is 543 g/mol. The van der Waals surface area contributed by atoms with Crippen molar-refractivity contribution in [1.29, 1.82) is 0 Å². The van der Waals surface area contributed by atoms with Gasteiger partial charge in [0, 0.05) is 49.4 Å². The van der Waals surface area contributed by atoms with E-state index in [9.17, 15) is 19.8 Å². The quantitative estimate of drug-likeness (QED) is 0.254. The molecule has 8 nitrogen and oxygen atoms in total. The second-order valence-electron chi connectivity index (χ2n) is 10.6. The van der Waals surface area contributed by atoms with E-state index in [1.807, 2.05) is 67.6 Å². The van der Waals surface area contributed by atoms with Crippen LogP contribution in [-0.4, -0.2) is 59.9 Å². The SMILES string of the molecule is CCNc1cc(C(=O)N[C@@H](Cc2ccccc2)[C@H](O)CN[C@H]2c3ccccc3C[C@H]2O)cc(N2CCCC2=O)c1. The summed E-state index contributed by atoms with van der Waals surface area (Å²) < 4.78 is 0. The van der Waals surface area contributed by atoms with Crippen LogP contribution >= 0.6 is 0 Å². The number of nitrogens with one attached hydrogen (secondary N) is 3. The zero-order valence-electron chi connectivity index (χ0n) is 22.8. The number of anilines is 2. The van der Waals surface area contributed by atoms with Crippen LogP contribution in [0.5, 0.6) is 0 Å². The van der Waals surface area contributed by atoms with Gasteiger partial charge < -0.3 is 31.1 Å². The summed E-state index contributed by atoms with van der Waals surface area (Å²) >= 11 is 0. The van der Waals surface area contributed by atoms with E-state index in [1.165, 1.54) is 0 Å². The van der Waals surface area contributed by atoms with Gasteiger partial charge in [0.1, 0.15) is 0 Å². The van der Waals surface area contributed by atoms with E-state index in [0.717, 1.165) is 28.8 Å². The molecule has 2 aliphatic rings. The number of aliphatic hydroxyl groups is 2. The number of hydrogen-bond acceptors (Lipinski definition) is 6. The topological polar surface area (TPSA) is 114 Å². The van der Waals surface area contributed by atoms with Gasteiger partial charge in [0.2, 0.25) is 5.91 Å². The zero-order valence-corrected chi connectivity index (χ0v) is 22.8. The standard InChI is InChI=1S/C32H38N4O4/c1-2-33-24-16-23(17-25(19-24)36-14-8-13-30(36)39)32(40)35-27(15-21-9-4-3-5-10-21)29(38)20-34-31-26-12-7-6-11-22(26)18-28(31)37/h3-7,9-12,16-17,19,27-29,31,33-34,37-38H,2,8,13-15,18,20H2,1H3,(H,35,40)/t27-,28+,29+,31-/m0/s1. The van der Waals surface area contributed by atoms with Crippen molar-refractivity contribution in [3.05, 3.63) is 95.1 Å². The first kappa shape index (κ1) is 27.8. The number of fused-ring (bicyclic) bond motifs is 1. The van der Waals surface area contributed by atoms with Gasteiger partial charge in [-0.2, -0.15) is 0 Å². The van der Waals surface area contributed by atoms with Crippen molar-refractivity contribution in [2.45, 2.75) is 56.9 Å². The summed E-state index contributed by atoms with van der Waals surface area (Å²) in [5.41, 5.74) is 5.01. The van der Waals surface area contributed by atoms with Crippen molar-refractivity contribution in [2.24, 2.45) is 0 Å². The van der Waals surface area contributed by atoms with E-state index in [2.05, 4.69) is 16.0 Å². The molecule has 3 aromatic carbocycles. The molecule has 5 N–H and O–H groups in total. The van der Waals surface area contributed by atoms with Crippen molar-refractivity contribution in [2.75, 3.05) is 29.9 Å². The average Bonchev–Trinajstić information content (AvgIpc) is 3.53. The summed E-state index contributed by atoms with van der Waals surface area (Å²) in [7, 11) is 0. The molecule has 40 heavy (non-hydrogen) atoms. The molecule has 4 atom stereocenters. The molecule has 1 aliphatic carbocycles. The summed E-state index contributed by atoms with van der Waals surface area (Å²) in [4.78, 5) is 27.8. The summed E-state index contributed by atoms with van der Waals surface area (Å²) in [6.07, 6.45) is 0.810. The molecular formula is C32H38N4O4. The number of nitrogens with zero attached hydrogens (tertiary/aromatic N) is 1. The van der Waals surface area contributed by atoms with Crippen LogP contribution in [0.2, 0.25) is 0 Å². The van der Waals surface area contributed by atoms with E-state index in [-0.39, 0.29) is 24.4 Å². The monoisotopic (exact) mass is 542 g/mol. The van der Waals surface area contributed by atoms with Crippen LogP contribution in [0.25, 0.3) is 0 Å². The van der Waals surface area contributed by atoms with Crippen LogP contribution in [0.3, 0.4) is 0 Å². The van der Waals surface area contributed by atoms with Gasteiger partial charge in [0.15, 0.2) is 0 Å². The van der Waals surface area contributed by atoms with Gasteiger partial charge in [-0.15, -0.1) is 0 Å². The van der Waals surface area contributed by atoms with Crippen LogP contribution in [0.1, 0.15) is 52.9 Å². The third kappa shape index (κ3) is 6.36. The molecule has 3 aromatic rings. The summed E-state index contributed by atoms with van der Waals surface area (Å²) in [6, 6.07) is 22.2. The number of aliphatic hydroxyl groups excluding tert-OH is 2. The second kappa shape index (κ2) is 12.6. The van der Waals surface area contributed by atoms with Crippen molar-refractivity contribution in [3.63, 3.8) is 0 Å². The van der Waals surface area contributed by atoms with Crippen LogP contribution in [0.4, 0.5) is 11.4 Å². The third-order valence-electron chi connectivity index (χ3n) is 7.78. The molecule has 0 saturated carbocycles. The third-order valence-corrected chi connectivity index (χ3v) is 7.78. The molecule has 0 radical (unpaired) electrons.